The summed E-state index contributed by atoms with van der Waals surface area (Å²) in [7, 11) is 1.33. The van der Waals surface area contributed by atoms with Crippen molar-refractivity contribution in [2.24, 2.45) is 5.73 Å². The monoisotopic (exact) mass is 581 g/mol. The molecular formula is C27H32ClNO11. The Morgan fingerprint density at radius 3 is 2.45 bits per heavy atom. The zero-order valence-corrected chi connectivity index (χ0v) is 22.6. The largest absolute Gasteiger partial charge is 0.507 e. The highest BCUT2D eigenvalue weighted by molar-refractivity contribution is 6.31. The van der Waals surface area contributed by atoms with Gasteiger partial charge in [0.2, 0.25) is 5.78 Å². The van der Waals surface area contributed by atoms with Crippen LogP contribution in [0.15, 0.2) is 18.2 Å². The van der Waals surface area contributed by atoms with Crippen molar-refractivity contribution in [3.05, 3.63) is 51.6 Å². The van der Waals surface area contributed by atoms with Crippen LogP contribution in [0.2, 0.25) is 0 Å². The Morgan fingerprint density at radius 2 is 1.82 bits per heavy atom. The molecule has 0 amide bonds. The van der Waals surface area contributed by atoms with E-state index in [0.29, 0.717) is 0 Å². The number of carbonyl (C=O) groups is 2. The van der Waals surface area contributed by atoms with Gasteiger partial charge in [0.15, 0.2) is 12.1 Å². The summed E-state index contributed by atoms with van der Waals surface area (Å²) < 4.78 is 17.1. The molecule has 2 aromatic carbocycles. The first kappa shape index (κ1) is 30.2. The lowest BCUT2D eigenvalue weighted by Crippen LogP contribution is -2.53. The number of aromatic hydroxyl groups is 2. The van der Waals surface area contributed by atoms with E-state index >= 15 is 0 Å². The summed E-state index contributed by atoms with van der Waals surface area (Å²) in [5.74, 6) is -2.68. The second-order valence-electron chi connectivity index (χ2n) is 10.3. The minimum Gasteiger partial charge on any atom is -0.507 e. The second-order valence-corrected chi connectivity index (χ2v) is 10.3. The van der Waals surface area contributed by atoms with Crippen LogP contribution in [0.5, 0.6) is 17.2 Å². The van der Waals surface area contributed by atoms with E-state index in [9.17, 15) is 40.2 Å². The van der Waals surface area contributed by atoms with Gasteiger partial charge >= 0.3 is 0 Å². The minimum absolute atomic E-state index is 0. The number of benzene rings is 2. The predicted molar refractivity (Wildman–Crippen MR) is 140 cm³/mol. The maximum absolute atomic E-state index is 13.7. The number of halogens is 1. The molecule has 4 unspecified atom stereocenters. The zero-order chi connectivity index (χ0) is 28.4. The van der Waals surface area contributed by atoms with Gasteiger partial charge in [-0.2, -0.15) is 0 Å². The number of aliphatic hydroxyl groups excluding tert-OH is 3. The summed E-state index contributed by atoms with van der Waals surface area (Å²) in [6.07, 6.45) is -6.45. The molecule has 0 spiro atoms. The average Bonchev–Trinajstić information content (AvgIpc) is 2.90. The molecule has 12 nitrogen and oxygen atoms in total. The number of methoxy groups -OCH3 is 1. The first-order valence-electron chi connectivity index (χ1n) is 12.6. The molecule has 1 saturated heterocycles. The van der Waals surface area contributed by atoms with Crippen molar-refractivity contribution in [1.29, 1.82) is 0 Å². The van der Waals surface area contributed by atoms with E-state index in [4.69, 9.17) is 19.9 Å². The standard InChI is InChI=1S/C27H31NO11.ClH/c1-10-22(31)13(28)6-17(38-10)39-15-8-27(36,16(30)9-29)7-12-19(15)26(35)21-20(24(12)33)23(32)11-4-3-5-14(37-2)18(11)25(21)34;/h3-5,10,13,15-17,22,29-31,33,35-36H,6-9,28H2,1-2H3;1H/t10?,13?,15-,16+,17?,22?,27-;/m1./s1. The summed E-state index contributed by atoms with van der Waals surface area (Å²) in [5.41, 5.74) is 2.77. The lowest BCUT2D eigenvalue weighted by molar-refractivity contribution is -0.251. The van der Waals surface area contributed by atoms with Crippen LogP contribution in [0.1, 0.15) is 68.8 Å². The molecule has 2 aromatic rings. The van der Waals surface area contributed by atoms with Crippen molar-refractivity contribution in [2.75, 3.05) is 13.7 Å². The molecule has 1 fully saturated rings. The average molecular weight is 582 g/mol. The Kier molecular flexibility index (Phi) is 8.20. The van der Waals surface area contributed by atoms with E-state index in [-0.39, 0.29) is 53.3 Å². The number of phenolic OH excluding ortho intramolecular Hbond substituents is 2. The molecule has 8 N–H and O–H groups in total. The Morgan fingerprint density at radius 1 is 1.15 bits per heavy atom. The summed E-state index contributed by atoms with van der Waals surface area (Å²) in [6, 6.07) is 3.69. The highest BCUT2D eigenvalue weighted by atomic mass is 35.5. The fourth-order valence-electron chi connectivity index (χ4n) is 5.84. The summed E-state index contributed by atoms with van der Waals surface area (Å²) in [4.78, 5) is 27.2. The number of carbonyl (C=O) groups excluding carboxylic acids is 2. The number of hydrogen-bond acceptors (Lipinski definition) is 12. The first-order chi connectivity index (χ1) is 18.4. The Hall–Kier alpha value is -2.81. The fourth-order valence-corrected chi connectivity index (χ4v) is 5.84. The number of nitrogens with two attached hydrogens (primary N) is 1. The van der Waals surface area contributed by atoms with E-state index < -0.39 is 89.6 Å². The lowest BCUT2D eigenvalue weighted by Gasteiger charge is -2.44. The van der Waals surface area contributed by atoms with Crippen LogP contribution in [0.4, 0.5) is 0 Å². The van der Waals surface area contributed by atoms with Crippen molar-refractivity contribution >= 4 is 24.0 Å². The third-order valence-corrected chi connectivity index (χ3v) is 7.97. The third-order valence-electron chi connectivity index (χ3n) is 7.97. The van der Waals surface area contributed by atoms with Crippen LogP contribution < -0.4 is 10.5 Å². The van der Waals surface area contributed by atoms with Gasteiger partial charge in [0.1, 0.15) is 23.4 Å². The molecule has 0 aromatic heterocycles. The number of phenols is 2. The maximum Gasteiger partial charge on any atom is 0.202 e. The molecule has 0 radical (unpaired) electrons. The van der Waals surface area contributed by atoms with Crippen LogP contribution >= 0.6 is 12.4 Å². The van der Waals surface area contributed by atoms with Gasteiger partial charge in [-0.3, -0.25) is 9.59 Å². The van der Waals surface area contributed by atoms with E-state index in [1.807, 2.05) is 0 Å². The topological polar surface area (TPSA) is 209 Å². The molecule has 2 aliphatic carbocycles. The van der Waals surface area contributed by atoms with Gasteiger partial charge in [0.05, 0.1) is 54.3 Å². The van der Waals surface area contributed by atoms with Crippen LogP contribution in [-0.4, -0.2) is 92.2 Å². The van der Waals surface area contributed by atoms with E-state index in [0.717, 1.165) is 0 Å². The van der Waals surface area contributed by atoms with Crippen molar-refractivity contribution in [3.63, 3.8) is 0 Å². The first-order valence-corrected chi connectivity index (χ1v) is 12.6. The van der Waals surface area contributed by atoms with E-state index in [1.165, 1.54) is 25.3 Å². The van der Waals surface area contributed by atoms with Crippen LogP contribution in [-0.2, 0) is 15.9 Å². The minimum atomic E-state index is -2.05. The molecule has 218 valence electrons. The summed E-state index contributed by atoms with van der Waals surface area (Å²) >= 11 is 0. The predicted octanol–water partition coefficient (Wildman–Crippen LogP) is 0.215. The fraction of sp³-hybridized carbons (Fsp3) is 0.481. The molecule has 1 heterocycles. The van der Waals surface area contributed by atoms with Gasteiger partial charge in [-0.15, -0.1) is 12.4 Å². The van der Waals surface area contributed by atoms with Crippen molar-refractivity contribution in [2.45, 2.75) is 68.5 Å². The molecule has 1 aliphatic heterocycles. The third kappa shape index (κ3) is 4.54. The molecule has 0 saturated carbocycles. The van der Waals surface area contributed by atoms with Gasteiger partial charge < -0.3 is 50.6 Å². The highest BCUT2D eigenvalue weighted by Crippen LogP contribution is 2.52. The quantitative estimate of drug-likeness (QED) is 0.202. The Labute approximate surface area is 235 Å². The molecule has 7 atom stereocenters. The van der Waals surface area contributed by atoms with Crippen LogP contribution in [0.3, 0.4) is 0 Å². The lowest BCUT2D eigenvalue weighted by atomic mass is 9.71. The Bertz CT molecular complexity index is 1340. The zero-order valence-electron chi connectivity index (χ0n) is 21.7. The number of fused-ring (bicyclic) bond motifs is 3. The normalized spacial score (nSPS) is 30.0. The van der Waals surface area contributed by atoms with Gasteiger partial charge in [-0.1, -0.05) is 12.1 Å². The number of aliphatic hydroxyl groups is 4. The van der Waals surface area contributed by atoms with Gasteiger partial charge in [0, 0.05) is 42.0 Å². The molecule has 40 heavy (non-hydrogen) atoms. The molecule has 5 rings (SSSR count). The number of hydrogen-bond donors (Lipinski definition) is 7. The molecule has 3 aliphatic rings. The number of rotatable bonds is 5. The SMILES string of the molecule is COc1cccc2c1C(=O)c1c(O)c3c(c(O)c1C2=O)C[C@](O)([C@@H](O)CO)C[C@H]3OC1CC(N)C(O)C(C)O1.Cl. The summed E-state index contributed by atoms with van der Waals surface area (Å²) in [6.45, 7) is 0.768. The highest BCUT2D eigenvalue weighted by Gasteiger charge is 2.50. The number of ether oxygens (including phenoxy) is 3. The van der Waals surface area contributed by atoms with Gasteiger partial charge in [-0.05, 0) is 13.0 Å². The Balaban J connectivity index is 0.00000370. The molecule has 0 bridgehead atoms. The van der Waals surface area contributed by atoms with E-state index in [2.05, 4.69) is 0 Å². The van der Waals surface area contributed by atoms with Crippen LogP contribution in [0, 0.1) is 0 Å². The van der Waals surface area contributed by atoms with Gasteiger partial charge in [0.25, 0.3) is 0 Å². The van der Waals surface area contributed by atoms with E-state index in [1.54, 1.807) is 6.92 Å². The number of ketones is 2. The molecular weight excluding hydrogens is 550 g/mol. The van der Waals surface area contributed by atoms with Crippen molar-refractivity contribution in [3.8, 4) is 17.2 Å². The second kappa shape index (κ2) is 10.9. The van der Waals surface area contributed by atoms with Gasteiger partial charge in [-0.25, -0.2) is 0 Å². The van der Waals surface area contributed by atoms with Crippen molar-refractivity contribution < 1.29 is 54.4 Å². The molecule has 13 heteroatoms. The van der Waals surface area contributed by atoms with Crippen molar-refractivity contribution in [1.82, 2.24) is 0 Å². The summed E-state index contributed by atoms with van der Waals surface area (Å²) in [5, 5.41) is 64.4. The smallest absolute Gasteiger partial charge is 0.202 e. The maximum atomic E-state index is 13.7. The van der Waals surface area contributed by atoms with Crippen LogP contribution in [0.25, 0.3) is 0 Å².